The van der Waals surface area contributed by atoms with Crippen LogP contribution in [-0.2, 0) is 6.18 Å². The van der Waals surface area contributed by atoms with Crippen LogP contribution in [0.15, 0.2) is 46.9 Å². The largest absolute Gasteiger partial charge is 0.417 e. The number of nitrogens with one attached hydrogen (secondary N) is 1. The number of carbonyl (C=O) groups excluding carboxylic acids is 1. The topological polar surface area (TPSA) is 29.1 Å². The molecule has 124 valence electrons. The zero-order valence-corrected chi connectivity index (χ0v) is 14.4. The zero-order chi connectivity index (χ0) is 17.7. The Bertz CT molecular complexity index is 825. The molecule has 1 amide bonds. The molecule has 2 rings (SSSR count). The van der Waals surface area contributed by atoms with Crippen LogP contribution in [0.1, 0.15) is 21.5 Å². The summed E-state index contributed by atoms with van der Waals surface area (Å²) in [7, 11) is 0. The van der Waals surface area contributed by atoms with E-state index in [0.717, 1.165) is 6.07 Å². The molecule has 0 atom stereocenters. The molecule has 0 aliphatic rings. The second kappa shape index (κ2) is 7.73. The van der Waals surface area contributed by atoms with Crippen LogP contribution in [0.5, 0.6) is 0 Å². The van der Waals surface area contributed by atoms with Crippen LogP contribution in [0.2, 0.25) is 5.02 Å². The van der Waals surface area contributed by atoms with E-state index >= 15 is 0 Å². The molecule has 0 fully saturated rings. The van der Waals surface area contributed by atoms with Gasteiger partial charge in [-0.2, -0.15) is 13.2 Å². The molecule has 0 aliphatic heterocycles. The highest BCUT2D eigenvalue weighted by Crippen LogP contribution is 2.31. The first-order valence-corrected chi connectivity index (χ1v) is 7.84. The van der Waals surface area contributed by atoms with Crippen molar-refractivity contribution < 1.29 is 18.0 Å². The van der Waals surface area contributed by atoms with Gasteiger partial charge in [0.1, 0.15) is 0 Å². The smallest absolute Gasteiger partial charge is 0.341 e. The summed E-state index contributed by atoms with van der Waals surface area (Å²) in [6, 6.07) is 9.81. The Morgan fingerprint density at radius 3 is 2.62 bits per heavy atom. The van der Waals surface area contributed by atoms with Crippen LogP contribution in [0.4, 0.5) is 13.2 Å². The highest BCUT2D eigenvalue weighted by molar-refractivity contribution is 9.10. The zero-order valence-electron chi connectivity index (χ0n) is 12.0. The lowest BCUT2D eigenvalue weighted by Gasteiger charge is -2.08. The van der Waals surface area contributed by atoms with E-state index in [1.165, 1.54) is 18.2 Å². The average molecular weight is 417 g/mol. The van der Waals surface area contributed by atoms with Crippen molar-refractivity contribution in [3.63, 3.8) is 0 Å². The highest BCUT2D eigenvalue weighted by Gasteiger charge is 2.32. The maximum atomic E-state index is 12.8. The molecule has 0 unspecified atom stereocenters. The van der Waals surface area contributed by atoms with Gasteiger partial charge in [-0.05, 0) is 30.3 Å². The molecule has 0 aliphatic carbocycles. The van der Waals surface area contributed by atoms with Gasteiger partial charge in [0, 0.05) is 10.0 Å². The van der Waals surface area contributed by atoms with Crippen LogP contribution >= 0.6 is 27.5 Å². The molecule has 0 saturated carbocycles. The molecule has 7 heteroatoms. The van der Waals surface area contributed by atoms with Crippen molar-refractivity contribution in [1.29, 1.82) is 0 Å². The second-order valence-electron chi connectivity index (χ2n) is 4.65. The lowest BCUT2D eigenvalue weighted by molar-refractivity contribution is -0.137. The van der Waals surface area contributed by atoms with Gasteiger partial charge in [0.2, 0.25) is 0 Å². The molecule has 0 radical (unpaired) electrons. The number of amides is 1. The Kier molecular flexibility index (Phi) is 5.92. The molecular formula is C17H10BrClF3NO. The van der Waals surface area contributed by atoms with Gasteiger partial charge in [-0.3, -0.25) is 4.79 Å². The maximum absolute atomic E-state index is 12.8. The Morgan fingerprint density at radius 2 is 1.92 bits per heavy atom. The van der Waals surface area contributed by atoms with Crippen LogP contribution in [-0.4, -0.2) is 12.5 Å². The number of rotatable bonds is 2. The molecule has 2 aromatic rings. The normalized spacial score (nSPS) is 10.7. The number of halogens is 5. The van der Waals surface area contributed by atoms with Crippen molar-refractivity contribution in [3.8, 4) is 11.8 Å². The molecule has 0 spiro atoms. The fraction of sp³-hybridized carbons (Fsp3) is 0.118. The van der Waals surface area contributed by atoms with Crippen molar-refractivity contribution in [3.05, 3.63) is 68.7 Å². The Morgan fingerprint density at radius 1 is 1.21 bits per heavy atom. The van der Waals surface area contributed by atoms with Gasteiger partial charge in [-0.15, -0.1) is 0 Å². The quantitative estimate of drug-likeness (QED) is 0.693. The minimum absolute atomic E-state index is 0.103. The lowest BCUT2D eigenvalue weighted by atomic mass is 10.1. The lowest BCUT2D eigenvalue weighted by Crippen LogP contribution is -2.24. The first kappa shape index (κ1) is 18.4. The van der Waals surface area contributed by atoms with Gasteiger partial charge < -0.3 is 5.32 Å². The molecular weight excluding hydrogens is 407 g/mol. The fourth-order valence-corrected chi connectivity index (χ4v) is 2.43. The predicted octanol–water partition coefficient (Wildman–Crippen LogP) is 4.90. The standard InChI is InChI=1S/C17H10BrClF3NO/c18-12-7-8-15(19)13(10-12)16(24)23-9-3-5-11-4-1-2-6-14(11)17(20,21)22/h1-2,4,6-8,10H,9H2,(H,23,24). The molecule has 2 nitrogen and oxygen atoms in total. The van der Waals surface area contributed by atoms with E-state index in [4.69, 9.17) is 11.6 Å². The molecule has 0 bridgehead atoms. The monoisotopic (exact) mass is 415 g/mol. The summed E-state index contributed by atoms with van der Waals surface area (Å²) in [5.41, 5.74) is -0.692. The summed E-state index contributed by atoms with van der Waals surface area (Å²) in [6.45, 7) is -0.103. The predicted molar refractivity (Wildman–Crippen MR) is 89.8 cm³/mol. The number of alkyl halides is 3. The number of hydrogen-bond donors (Lipinski definition) is 1. The van der Waals surface area contributed by atoms with Crippen LogP contribution in [0.25, 0.3) is 0 Å². The third-order valence-corrected chi connectivity index (χ3v) is 3.79. The van der Waals surface area contributed by atoms with Crippen molar-refractivity contribution in [2.75, 3.05) is 6.54 Å². The van der Waals surface area contributed by atoms with Crippen molar-refractivity contribution >= 4 is 33.4 Å². The number of hydrogen-bond acceptors (Lipinski definition) is 1. The molecule has 0 saturated heterocycles. The summed E-state index contributed by atoms with van der Waals surface area (Å²) in [4.78, 5) is 12.0. The van der Waals surface area contributed by atoms with Crippen molar-refractivity contribution in [2.24, 2.45) is 0 Å². The first-order valence-electron chi connectivity index (χ1n) is 6.67. The van der Waals surface area contributed by atoms with E-state index in [9.17, 15) is 18.0 Å². The molecule has 0 heterocycles. The van der Waals surface area contributed by atoms with Crippen molar-refractivity contribution in [1.82, 2.24) is 5.32 Å². The third kappa shape index (κ3) is 4.76. The van der Waals surface area contributed by atoms with Gasteiger partial charge in [0.15, 0.2) is 0 Å². The minimum Gasteiger partial charge on any atom is -0.341 e. The van der Waals surface area contributed by atoms with Gasteiger partial charge >= 0.3 is 6.18 Å². The Labute approximate surface area is 150 Å². The minimum atomic E-state index is -4.47. The average Bonchev–Trinajstić information content (AvgIpc) is 2.53. The van der Waals surface area contributed by atoms with Crippen LogP contribution in [0.3, 0.4) is 0 Å². The fourth-order valence-electron chi connectivity index (χ4n) is 1.87. The summed E-state index contributed by atoms with van der Waals surface area (Å²) >= 11 is 9.16. The maximum Gasteiger partial charge on any atom is 0.417 e. The van der Waals surface area contributed by atoms with Gasteiger partial charge in [0.05, 0.1) is 22.7 Å². The molecule has 2 aromatic carbocycles. The van der Waals surface area contributed by atoms with Crippen LogP contribution in [0, 0.1) is 11.8 Å². The van der Waals surface area contributed by atoms with Crippen molar-refractivity contribution in [2.45, 2.75) is 6.18 Å². The van der Waals surface area contributed by atoms with E-state index in [2.05, 4.69) is 33.1 Å². The van der Waals surface area contributed by atoms with E-state index in [0.29, 0.717) is 4.47 Å². The highest BCUT2D eigenvalue weighted by atomic mass is 79.9. The van der Waals surface area contributed by atoms with E-state index in [-0.39, 0.29) is 22.7 Å². The van der Waals surface area contributed by atoms with Gasteiger partial charge in [-0.1, -0.05) is 51.5 Å². The summed E-state index contributed by atoms with van der Waals surface area (Å²) < 4.78 is 39.2. The summed E-state index contributed by atoms with van der Waals surface area (Å²) in [6.07, 6.45) is -4.47. The van der Waals surface area contributed by atoms with Gasteiger partial charge in [0.25, 0.3) is 5.91 Å². The molecule has 0 aromatic heterocycles. The Balaban J connectivity index is 2.07. The number of benzene rings is 2. The second-order valence-corrected chi connectivity index (χ2v) is 5.97. The Hall–Kier alpha value is -1.97. The van der Waals surface area contributed by atoms with Crippen LogP contribution < -0.4 is 5.32 Å². The van der Waals surface area contributed by atoms with Gasteiger partial charge in [-0.25, -0.2) is 0 Å². The van der Waals surface area contributed by atoms with E-state index in [1.54, 1.807) is 18.2 Å². The molecule has 1 N–H and O–H groups in total. The van der Waals surface area contributed by atoms with E-state index in [1.807, 2.05) is 0 Å². The summed E-state index contributed by atoms with van der Waals surface area (Å²) in [5.74, 6) is 4.48. The molecule has 24 heavy (non-hydrogen) atoms. The third-order valence-electron chi connectivity index (χ3n) is 2.97. The number of carbonyl (C=O) groups is 1. The SMILES string of the molecule is O=C(NCC#Cc1ccccc1C(F)(F)F)c1cc(Br)ccc1Cl. The summed E-state index contributed by atoms with van der Waals surface area (Å²) in [5, 5.41) is 2.77. The first-order chi connectivity index (χ1) is 11.3. The van der Waals surface area contributed by atoms with E-state index < -0.39 is 17.6 Å².